The van der Waals surface area contributed by atoms with E-state index in [9.17, 15) is 17.6 Å². The molecule has 0 aliphatic heterocycles. The first kappa shape index (κ1) is 13.0. The van der Waals surface area contributed by atoms with E-state index in [2.05, 4.69) is 0 Å². The molecule has 0 spiro atoms. The average Bonchev–Trinajstić information content (AvgIpc) is 2.16. The Labute approximate surface area is 90.7 Å². The first-order chi connectivity index (χ1) is 7.32. The maximum atomic E-state index is 13.2. The van der Waals surface area contributed by atoms with Crippen LogP contribution in [0.3, 0.4) is 0 Å². The van der Waals surface area contributed by atoms with Gasteiger partial charge >= 0.3 is 6.18 Å². The topological polar surface area (TPSA) is 20.2 Å². The monoisotopic (exact) mass is 236 g/mol. The second-order valence-electron chi connectivity index (χ2n) is 3.72. The Morgan fingerprint density at radius 1 is 1.25 bits per heavy atom. The van der Waals surface area contributed by atoms with Crippen molar-refractivity contribution in [3.8, 4) is 0 Å². The number of alkyl halides is 3. The van der Waals surface area contributed by atoms with Crippen molar-refractivity contribution in [2.24, 2.45) is 0 Å². The van der Waals surface area contributed by atoms with Gasteiger partial charge in [0, 0.05) is 0 Å². The molecule has 0 radical (unpaired) electrons. The van der Waals surface area contributed by atoms with E-state index in [0.29, 0.717) is 0 Å². The highest BCUT2D eigenvalue weighted by atomic mass is 19.4. The van der Waals surface area contributed by atoms with Gasteiger partial charge in [-0.05, 0) is 24.0 Å². The Kier molecular flexibility index (Phi) is 3.91. The van der Waals surface area contributed by atoms with Crippen molar-refractivity contribution in [3.63, 3.8) is 0 Å². The molecule has 1 N–H and O–H groups in total. The summed E-state index contributed by atoms with van der Waals surface area (Å²) in [5.74, 6) is -1.23. The minimum Gasteiger partial charge on any atom is -0.384 e. The lowest BCUT2D eigenvalue weighted by Crippen LogP contribution is -2.29. The molecule has 0 bridgehead atoms. The normalized spacial score (nSPS) is 15.9. The summed E-state index contributed by atoms with van der Waals surface area (Å²) in [4.78, 5) is 0. The summed E-state index contributed by atoms with van der Waals surface area (Å²) in [5.41, 5.74) is 0.186. The third kappa shape index (κ3) is 3.20. The number of hydrogen-bond acceptors (Lipinski definition) is 1. The van der Waals surface area contributed by atoms with Crippen LogP contribution in [0, 0.1) is 5.82 Å². The minimum atomic E-state index is -4.65. The highest BCUT2D eigenvalue weighted by molar-refractivity contribution is 5.21. The minimum absolute atomic E-state index is 0.186. The average molecular weight is 236 g/mol. The summed E-state index contributed by atoms with van der Waals surface area (Å²) in [6, 6.07) is 5.62. The molecule has 0 amide bonds. The van der Waals surface area contributed by atoms with Crippen molar-refractivity contribution in [3.05, 3.63) is 35.6 Å². The molecule has 0 heterocycles. The largest absolute Gasteiger partial charge is 0.414 e. The van der Waals surface area contributed by atoms with E-state index >= 15 is 0 Å². The van der Waals surface area contributed by atoms with E-state index in [1.165, 1.54) is 25.1 Å². The van der Waals surface area contributed by atoms with Crippen LogP contribution in [0.1, 0.15) is 24.8 Å². The molecule has 0 fully saturated rings. The fraction of sp³-hybridized carbons (Fsp3) is 0.455. The highest BCUT2D eigenvalue weighted by Crippen LogP contribution is 2.30. The highest BCUT2D eigenvalue weighted by Gasteiger charge is 2.39. The van der Waals surface area contributed by atoms with Gasteiger partial charge in [0.05, 0.1) is 0 Å². The molecular formula is C11H12F4O. The van der Waals surface area contributed by atoms with Crippen LogP contribution in [0.15, 0.2) is 24.3 Å². The molecule has 0 aliphatic carbocycles. The van der Waals surface area contributed by atoms with Crippen LogP contribution < -0.4 is 0 Å². The molecule has 16 heavy (non-hydrogen) atoms. The molecular weight excluding hydrogens is 224 g/mol. The summed E-state index contributed by atoms with van der Waals surface area (Å²) in [5, 5.41) is 8.86. The zero-order valence-electron chi connectivity index (χ0n) is 8.63. The van der Waals surface area contributed by atoms with Crippen LogP contribution in [-0.4, -0.2) is 17.4 Å². The van der Waals surface area contributed by atoms with Gasteiger partial charge in [-0.2, -0.15) is 13.2 Å². The molecule has 0 aromatic heterocycles. The summed E-state index contributed by atoms with van der Waals surface area (Å²) < 4.78 is 49.5. The molecule has 0 saturated heterocycles. The van der Waals surface area contributed by atoms with Crippen molar-refractivity contribution in [1.29, 1.82) is 0 Å². The summed E-state index contributed by atoms with van der Waals surface area (Å²) in [6.07, 6.45) is -7.61. The number of aliphatic hydroxyl groups is 1. The van der Waals surface area contributed by atoms with E-state index in [1.807, 2.05) is 0 Å². The Hall–Kier alpha value is -1.10. The molecule has 1 nitrogen and oxygen atoms in total. The molecule has 0 saturated carbocycles. The van der Waals surface area contributed by atoms with Gasteiger partial charge in [-0.3, -0.25) is 0 Å². The van der Waals surface area contributed by atoms with Crippen molar-refractivity contribution in [2.75, 3.05) is 0 Å². The Morgan fingerprint density at radius 3 is 2.31 bits per heavy atom. The lowest BCUT2D eigenvalue weighted by atomic mass is 9.94. The zero-order valence-corrected chi connectivity index (χ0v) is 8.63. The maximum Gasteiger partial charge on any atom is 0.414 e. The van der Waals surface area contributed by atoms with Crippen LogP contribution in [0.25, 0.3) is 0 Å². The first-order valence-electron chi connectivity index (χ1n) is 4.81. The Morgan fingerprint density at radius 2 is 1.81 bits per heavy atom. The van der Waals surface area contributed by atoms with E-state index in [0.717, 1.165) is 0 Å². The Balaban J connectivity index is 2.73. The van der Waals surface area contributed by atoms with E-state index in [1.54, 1.807) is 6.07 Å². The number of aliphatic hydroxyl groups excluding tert-OH is 1. The quantitative estimate of drug-likeness (QED) is 0.799. The first-order valence-corrected chi connectivity index (χ1v) is 4.81. The second-order valence-corrected chi connectivity index (χ2v) is 3.72. The molecule has 2 atom stereocenters. The van der Waals surface area contributed by atoms with Gasteiger partial charge < -0.3 is 5.11 Å². The van der Waals surface area contributed by atoms with Gasteiger partial charge in [0.15, 0.2) is 0 Å². The predicted molar refractivity (Wildman–Crippen MR) is 51.5 cm³/mol. The van der Waals surface area contributed by atoms with Gasteiger partial charge in [-0.1, -0.05) is 25.1 Å². The van der Waals surface area contributed by atoms with E-state index in [-0.39, 0.29) is 5.56 Å². The summed E-state index contributed by atoms with van der Waals surface area (Å²) in [6.45, 7) is 1.45. The van der Waals surface area contributed by atoms with Gasteiger partial charge in [-0.25, -0.2) is 4.39 Å². The van der Waals surface area contributed by atoms with Crippen LogP contribution in [0.2, 0.25) is 0 Å². The molecule has 90 valence electrons. The summed E-state index contributed by atoms with van der Waals surface area (Å²) in [7, 11) is 0. The van der Waals surface area contributed by atoms with E-state index < -0.39 is 30.4 Å². The van der Waals surface area contributed by atoms with Crippen LogP contribution in [-0.2, 0) is 0 Å². The third-order valence-corrected chi connectivity index (χ3v) is 2.39. The standard InChI is InChI=1S/C11H12F4O/c1-7(6-10(16)11(13,14)15)8-4-2-3-5-9(8)12/h2-5,7,10,16H,6H2,1H3/t7-,10+/m0/s1. The van der Waals surface area contributed by atoms with Crippen molar-refractivity contribution in [1.82, 2.24) is 0 Å². The van der Waals surface area contributed by atoms with Gasteiger partial charge in [0.2, 0.25) is 0 Å². The van der Waals surface area contributed by atoms with Gasteiger partial charge in [0.1, 0.15) is 11.9 Å². The predicted octanol–water partition coefficient (Wildman–Crippen LogP) is 3.24. The molecule has 0 unspecified atom stereocenters. The van der Waals surface area contributed by atoms with Crippen molar-refractivity contribution in [2.45, 2.75) is 31.5 Å². The second kappa shape index (κ2) is 4.82. The number of hydrogen-bond donors (Lipinski definition) is 1. The number of halogens is 4. The number of rotatable bonds is 3. The molecule has 5 heteroatoms. The van der Waals surface area contributed by atoms with Crippen LogP contribution in [0.4, 0.5) is 17.6 Å². The lowest BCUT2D eigenvalue weighted by molar-refractivity contribution is -0.206. The lowest BCUT2D eigenvalue weighted by Gasteiger charge is -2.19. The van der Waals surface area contributed by atoms with Gasteiger partial charge in [-0.15, -0.1) is 0 Å². The van der Waals surface area contributed by atoms with Crippen molar-refractivity contribution < 1.29 is 22.7 Å². The fourth-order valence-corrected chi connectivity index (χ4v) is 1.47. The van der Waals surface area contributed by atoms with Crippen molar-refractivity contribution >= 4 is 0 Å². The fourth-order valence-electron chi connectivity index (χ4n) is 1.47. The maximum absolute atomic E-state index is 13.2. The molecule has 1 aromatic rings. The van der Waals surface area contributed by atoms with Crippen LogP contribution >= 0.6 is 0 Å². The molecule has 1 aromatic carbocycles. The summed E-state index contributed by atoms with van der Waals surface area (Å²) >= 11 is 0. The molecule has 1 rings (SSSR count). The van der Waals surface area contributed by atoms with Crippen LogP contribution in [0.5, 0.6) is 0 Å². The zero-order chi connectivity index (χ0) is 12.3. The van der Waals surface area contributed by atoms with E-state index in [4.69, 9.17) is 5.11 Å². The Bertz CT molecular complexity index is 348. The third-order valence-electron chi connectivity index (χ3n) is 2.39. The van der Waals surface area contributed by atoms with Gasteiger partial charge in [0.25, 0.3) is 0 Å². The SMILES string of the molecule is C[C@@H](C[C@@H](O)C(F)(F)F)c1ccccc1F. The molecule has 0 aliphatic rings. The number of benzene rings is 1. The smallest absolute Gasteiger partial charge is 0.384 e.